The largest absolute Gasteiger partial charge is 0.338 e. The smallest absolute Gasteiger partial charge is 0.319 e. The lowest BCUT2D eigenvalue weighted by Crippen LogP contribution is -2.36. The predicted octanol–water partition coefficient (Wildman–Crippen LogP) is 2.97. The van der Waals surface area contributed by atoms with Crippen LogP contribution >= 0.6 is 0 Å². The molecule has 0 bridgehead atoms. The van der Waals surface area contributed by atoms with E-state index in [4.69, 9.17) is 0 Å². The molecule has 0 saturated heterocycles. The quantitative estimate of drug-likeness (QED) is 0.852. The molecule has 0 N–H and O–H groups in total. The molecule has 0 unspecified atom stereocenters. The second kappa shape index (κ2) is 5.51. The van der Waals surface area contributed by atoms with Crippen LogP contribution in [0.5, 0.6) is 0 Å². The maximum atomic E-state index is 12.8. The summed E-state index contributed by atoms with van der Waals surface area (Å²) >= 11 is 0. The second-order valence-electron chi connectivity index (χ2n) is 5.64. The molecular formula is C16H17F2N3O. The van der Waals surface area contributed by atoms with Gasteiger partial charge in [0.25, 0.3) is 0 Å². The molecule has 116 valence electrons. The Morgan fingerprint density at radius 2 is 2.05 bits per heavy atom. The standard InChI is InChI=1S/C16H17F2N3O/c1-20(11-13-19-9-10-21(13)15(17)18)14(22)16(7-8-16)12-5-3-2-4-6-12/h2-6,9-10,15H,7-8,11H2,1H3. The molecule has 1 amide bonds. The van der Waals surface area contributed by atoms with Crippen LogP contribution in [0.25, 0.3) is 0 Å². The molecule has 1 saturated carbocycles. The maximum absolute atomic E-state index is 12.8. The number of rotatable bonds is 5. The highest BCUT2D eigenvalue weighted by atomic mass is 19.3. The van der Waals surface area contributed by atoms with E-state index in [1.165, 1.54) is 17.3 Å². The minimum absolute atomic E-state index is 0.0393. The zero-order valence-corrected chi connectivity index (χ0v) is 12.2. The van der Waals surface area contributed by atoms with E-state index in [9.17, 15) is 13.6 Å². The number of carbonyl (C=O) groups excluding carboxylic acids is 1. The van der Waals surface area contributed by atoms with E-state index in [0.717, 1.165) is 23.0 Å². The van der Waals surface area contributed by atoms with Gasteiger partial charge >= 0.3 is 6.55 Å². The maximum Gasteiger partial charge on any atom is 0.319 e. The van der Waals surface area contributed by atoms with Crippen molar-refractivity contribution >= 4 is 5.91 Å². The SMILES string of the molecule is CN(Cc1nccn1C(F)F)C(=O)C1(c2ccccc2)CC1. The highest BCUT2D eigenvalue weighted by molar-refractivity contribution is 5.91. The van der Waals surface area contributed by atoms with Crippen LogP contribution < -0.4 is 0 Å². The molecule has 1 fully saturated rings. The summed E-state index contributed by atoms with van der Waals surface area (Å²) in [4.78, 5) is 18.1. The van der Waals surface area contributed by atoms with Crippen molar-refractivity contribution in [2.45, 2.75) is 31.4 Å². The predicted molar refractivity (Wildman–Crippen MR) is 77.3 cm³/mol. The Bertz CT molecular complexity index is 665. The first-order valence-electron chi connectivity index (χ1n) is 7.15. The fourth-order valence-corrected chi connectivity index (χ4v) is 2.80. The van der Waals surface area contributed by atoms with Crippen LogP contribution in [0.3, 0.4) is 0 Å². The first kappa shape index (κ1) is 14.7. The van der Waals surface area contributed by atoms with E-state index in [2.05, 4.69) is 4.98 Å². The molecule has 1 aromatic heterocycles. The Balaban J connectivity index is 1.77. The van der Waals surface area contributed by atoms with Gasteiger partial charge in [-0.2, -0.15) is 8.78 Å². The lowest BCUT2D eigenvalue weighted by molar-refractivity contribution is -0.133. The fourth-order valence-electron chi connectivity index (χ4n) is 2.80. The molecular weight excluding hydrogens is 288 g/mol. The summed E-state index contributed by atoms with van der Waals surface area (Å²) in [6.45, 7) is -2.57. The van der Waals surface area contributed by atoms with Crippen molar-refractivity contribution in [1.82, 2.24) is 14.5 Å². The molecule has 3 rings (SSSR count). The summed E-state index contributed by atoms with van der Waals surface area (Å²) in [5, 5.41) is 0. The molecule has 4 nitrogen and oxygen atoms in total. The van der Waals surface area contributed by atoms with Crippen molar-refractivity contribution in [3.8, 4) is 0 Å². The van der Waals surface area contributed by atoms with Crippen LogP contribution in [0.15, 0.2) is 42.7 Å². The number of halogens is 2. The Hall–Kier alpha value is -2.24. The van der Waals surface area contributed by atoms with Crippen LogP contribution in [-0.2, 0) is 16.8 Å². The Labute approximate surface area is 127 Å². The van der Waals surface area contributed by atoms with Gasteiger partial charge in [0.15, 0.2) is 0 Å². The fraction of sp³-hybridized carbons (Fsp3) is 0.375. The van der Waals surface area contributed by atoms with E-state index in [1.54, 1.807) is 7.05 Å². The molecule has 1 aromatic carbocycles. The van der Waals surface area contributed by atoms with Crippen LogP contribution in [-0.4, -0.2) is 27.4 Å². The summed E-state index contributed by atoms with van der Waals surface area (Å²) in [6.07, 6.45) is 4.14. The van der Waals surface area contributed by atoms with Crippen LogP contribution in [0.1, 0.15) is 30.8 Å². The molecule has 0 atom stereocenters. The molecule has 22 heavy (non-hydrogen) atoms. The lowest BCUT2D eigenvalue weighted by atomic mass is 9.94. The average molecular weight is 305 g/mol. The van der Waals surface area contributed by atoms with Gasteiger partial charge < -0.3 is 4.90 Å². The van der Waals surface area contributed by atoms with Gasteiger partial charge in [-0.05, 0) is 18.4 Å². The first-order chi connectivity index (χ1) is 10.5. The molecule has 1 heterocycles. The third-order valence-electron chi connectivity index (χ3n) is 4.17. The third kappa shape index (κ3) is 2.49. The Morgan fingerprint density at radius 1 is 1.36 bits per heavy atom. The minimum Gasteiger partial charge on any atom is -0.338 e. The van der Waals surface area contributed by atoms with Crippen molar-refractivity contribution in [1.29, 1.82) is 0 Å². The van der Waals surface area contributed by atoms with Gasteiger partial charge in [0.2, 0.25) is 5.91 Å². The van der Waals surface area contributed by atoms with Gasteiger partial charge in [-0.25, -0.2) is 4.98 Å². The minimum atomic E-state index is -2.65. The number of nitrogens with zero attached hydrogens (tertiary/aromatic N) is 3. The first-order valence-corrected chi connectivity index (χ1v) is 7.15. The van der Waals surface area contributed by atoms with E-state index in [-0.39, 0.29) is 18.3 Å². The zero-order chi connectivity index (χ0) is 15.7. The monoisotopic (exact) mass is 305 g/mol. The van der Waals surface area contributed by atoms with Crippen molar-refractivity contribution < 1.29 is 13.6 Å². The number of hydrogen-bond donors (Lipinski definition) is 0. The van der Waals surface area contributed by atoms with Crippen molar-refractivity contribution in [3.05, 3.63) is 54.1 Å². The molecule has 1 aliphatic carbocycles. The van der Waals surface area contributed by atoms with Crippen molar-refractivity contribution in [2.24, 2.45) is 0 Å². The van der Waals surface area contributed by atoms with Gasteiger partial charge in [-0.15, -0.1) is 0 Å². The highest BCUT2D eigenvalue weighted by Gasteiger charge is 2.52. The summed E-state index contributed by atoms with van der Waals surface area (Å²) < 4.78 is 26.5. The van der Waals surface area contributed by atoms with Crippen LogP contribution in [0, 0.1) is 0 Å². The number of alkyl halides is 2. The number of aromatic nitrogens is 2. The molecule has 6 heteroatoms. The summed E-state index contributed by atoms with van der Waals surface area (Å²) in [7, 11) is 1.63. The normalized spacial score (nSPS) is 15.8. The number of likely N-dealkylation sites (N-methyl/N-ethyl adjacent to an activating group) is 1. The number of carbonyl (C=O) groups is 1. The van der Waals surface area contributed by atoms with Crippen LogP contribution in [0.2, 0.25) is 0 Å². The molecule has 1 aliphatic rings. The van der Waals surface area contributed by atoms with E-state index in [0.29, 0.717) is 0 Å². The number of amides is 1. The van der Waals surface area contributed by atoms with Gasteiger partial charge in [-0.1, -0.05) is 30.3 Å². The molecule has 0 spiro atoms. The van der Waals surface area contributed by atoms with E-state index in [1.807, 2.05) is 30.3 Å². The second-order valence-corrected chi connectivity index (χ2v) is 5.64. The highest BCUT2D eigenvalue weighted by Crippen LogP contribution is 2.49. The molecule has 0 aliphatic heterocycles. The Morgan fingerprint density at radius 3 is 2.64 bits per heavy atom. The van der Waals surface area contributed by atoms with E-state index >= 15 is 0 Å². The average Bonchev–Trinajstić information content (AvgIpc) is 3.20. The summed E-state index contributed by atoms with van der Waals surface area (Å²) in [6, 6.07) is 9.61. The Kier molecular flexibility index (Phi) is 3.68. The zero-order valence-electron chi connectivity index (χ0n) is 12.2. The number of benzene rings is 1. The topological polar surface area (TPSA) is 38.1 Å². The van der Waals surface area contributed by atoms with Crippen molar-refractivity contribution in [3.63, 3.8) is 0 Å². The van der Waals surface area contributed by atoms with Crippen molar-refractivity contribution in [2.75, 3.05) is 7.05 Å². The van der Waals surface area contributed by atoms with E-state index < -0.39 is 12.0 Å². The summed E-state index contributed by atoms with van der Waals surface area (Å²) in [5.41, 5.74) is 0.502. The number of imidazole rings is 1. The van der Waals surface area contributed by atoms with Gasteiger partial charge in [-0.3, -0.25) is 9.36 Å². The third-order valence-corrected chi connectivity index (χ3v) is 4.17. The van der Waals surface area contributed by atoms with Gasteiger partial charge in [0, 0.05) is 19.4 Å². The lowest BCUT2D eigenvalue weighted by Gasteiger charge is -2.24. The van der Waals surface area contributed by atoms with Gasteiger partial charge in [0.1, 0.15) is 5.82 Å². The van der Waals surface area contributed by atoms with Gasteiger partial charge in [0.05, 0.1) is 12.0 Å². The van der Waals surface area contributed by atoms with Crippen LogP contribution in [0.4, 0.5) is 8.78 Å². The summed E-state index contributed by atoms with van der Waals surface area (Å²) in [5.74, 6) is 0.150. The number of hydrogen-bond acceptors (Lipinski definition) is 2. The molecule has 2 aromatic rings. The molecule has 0 radical (unpaired) electrons.